The molecule has 1 amide bonds. The molecular formula is C22H28ClN3OS2. The smallest absolute Gasteiger partial charge is 0.261 e. The maximum Gasteiger partial charge on any atom is 0.261 e. The van der Waals surface area contributed by atoms with E-state index in [0.29, 0.717) is 6.54 Å². The summed E-state index contributed by atoms with van der Waals surface area (Å²) in [5, 5.41) is 0.788. The van der Waals surface area contributed by atoms with Gasteiger partial charge in [-0.25, -0.2) is 4.98 Å². The lowest BCUT2D eigenvalue weighted by Crippen LogP contribution is -2.33. The molecule has 4 nitrogen and oxygen atoms in total. The molecule has 0 N–H and O–H groups in total. The van der Waals surface area contributed by atoms with Gasteiger partial charge in [0.25, 0.3) is 5.91 Å². The minimum atomic E-state index is 0. The molecule has 0 aliphatic heterocycles. The summed E-state index contributed by atoms with van der Waals surface area (Å²) in [6.45, 7) is 3.72. The zero-order valence-corrected chi connectivity index (χ0v) is 19.8. The molecule has 3 rings (SSSR count). The number of carbonyl (C=O) groups is 1. The average molecular weight is 450 g/mol. The Hall–Kier alpha value is -1.60. The largest absolute Gasteiger partial charge is 0.309 e. The van der Waals surface area contributed by atoms with Crippen molar-refractivity contribution in [2.24, 2.45) is 0 Å². The highest BCUT2D eigenvalue weighted by atomic mass is 35.5. The Morgan fingerprint density at radius 1 is 1.10 bits per heavy atom. The van der Waals surface area contributed by atoms with Crippen LogP contribution in [0.2, 0.25) is 0 Å². The number of aromatic nitrogens is 1. The minimum Gasteiger partial charge on any atom is -0.309 e. The van der Waals surface area contributed by atoms with E-state index < -0.39 is 0 Å². The number of benzene rings is 2. The van der Waals surface area contributed by atoms with Crippen molar-refractivity contribution in [3.05, 3.63) is 53.6 Å². The summed E-state index contributed by atoms with van der Waals surface area (Å²) in [6, 6.07) is 14.1. The number of amides is 1. The highest BCUT2D eigenvalue weighted by Crippen LogP contribution is 2.33. The Morgan fingerprint density at radius 3 is 2.55 bits per heavy atom. The fraction of sp³-hybridized carbons (Fsp3) is 0.364. The van der Waals surface area contributed by atoms with Gasteiger partial charge in [-0.15, -0.1) is 24.2 Å². The first-order valence-electron chi connectivity index (χ1n) is 9.53. The molecule has 0 saturated heterocycles. The summed E-state index contributed by atoms with van der Waals surface area (Å²) in [5.41, 5.74) is 2.99. The summed E-state index contributed by atoms with van der Waals surface area (Å²) in [6.07, 6.45) is 3.84. The quantitative estimate of drug-likeness (QED) is 0.419. The van der Waals surface area contributed by atoms with Crippen LogP contribution in [0.25, 0.3) is 10.2 Å². The van der Waals surface area contributed by atoms with Crippen molar-refractivity contribution in [1.82, 2.24) is 9.88 Å². The lowest BCUT2D eigenvalue weighted by atomic mass is 10.1. The predicted octanol–water partition coefficient (Wildman–Crippen LogP) is 5.60. The summed E-state index contributed by atoms with van der Waals surface area (Å²) in [4.78, 5) is 23.4. The molecule has 0 radical (unpaired) electrons. The van der Waals surface area contributed by atoms with Gasteiger partial charge >= 0.3 is 0 Å². The molecule has 1 heterocycles. The SMILES string of the molecule is CCc1cccc2sc(N(CCCN(C)C)C(=O)c3ccccc3SC)nc12.Cl. The lowest BCUT2D eigenvalue weighted by Gasteiger charge is -2.22. The fourth-order valence-electron chi connectivity index (χ4n) is 3.19. The zero-order valence-electron chi connectivity index (χ0n) is 17.3. The van der Waals surface area contributed by atoms with Crippen LogP contribution in [0.4, 0.5) is 5.13 Å². The van der Waals surface area contributed by atoms with E-state index in [1.54, 1.807) is 23.1 Å². The van der Waals surface area contributed by atoms with Gasteiger partial charge in [-0.2, -0.15) is 0 Å². The molecule has 0 fully saturated rings. The van der Waals surface area contributed by atoms with Gasteiger partial charge < -0.3 is 4.90 Å². The molecule has 0 unspecified atom stereocenters. The van der Waals surface area contributed by atoms with Crippen molar-refractivity contribution < 1.29 is 4.79 Å². The minimum absolute atomic E-state index is 0. The van der Waals surface area contributed by atoms with E-state index in [2.05, 4.69) is 44.1 Å². The van der Waals surface area contributed by atoms with Gasteiger partial charge in [0.2, 0.25) is 0 Å². The molecule has 0 bridgehead atoms. The van der Waals surface area contributed by atoms with E-state index in [9.17, 15) is 4.79 Å². The van der Waals surface area contributed by atoms with E-state index in [-0.39, 0.29) is 18.3 Å². The normalized spacial score (nSPS) is 10.9. The van der Waals surface area contributed by atoms with Gasteiger partial charge in [-0.05, 0) is 63.5 Å². The van der Waals surface area contributed by atoms with E-state index in [1.165, 1.54) is 5.56 Å². The molecule has 29 heavy (non-hydrogen) atoms. The first-order chi connectivity index (χ1) is 13.5. The predicted molar refractivity (Wildman–Crippen MR) is 129 cm³/mol. The van der Waals surface area contributed by atoms with Crippen molar-refractivity contribution >= 4 is 56.8 Å². The number of rotatable bonds is 8. The summed E-state index contributed by atoms with van der Waals surface area (Å²) in [5.74, 6) is 0.0285. The number of hydrogen-bond donors (Lipinski definition) is 0. The Morgan fingerprint density at radius 2 is 1.86 bits per heavy atom. The van der Waals surface area contributed by atoms with Gasteiger partial charge in [0.15, 0.2) is 5.13 Å². The second-order valence-corrected chi connectivity index (χ2v) is 8.78. The van der Waals surface area contributed by atoms with E-state index in [0.717, 1.165) is 45.2 Å². The number of nitrogens with zero attached hydrogens (tertiary/aromatic N) is 3. The van der Waals surface area contributed by atoms with Crippen LogP contribution in [0, 0.1) is 0 Å². The highest BCUT2D eigenvalue weighted by molar-refractivity contribution is 7.98. The Labute approximate surface area is 187 Å². The topological polar surface area (TPSA) is 36.4 Å². The highest BCUT2D eigenvalue weighted by Gasteiger charge is 2.23. The number of halogens is 1. The van der Waals surface area contributed by atoms with Crippen LogP contribution in [-0.4, -0.2) is 49.2 Å². The molecule has 0 atom stereocenters. The number of para-hydroxylation sites is 1. The van der Waals surface area contributed by atoms with Crippen LogP contribution in [0.15, 0.2) is 47.4 Å². The van der Waals surface area contributed by atoms with Crippen LogP contribution >= 0.6 is 35.5 Å². The summed E-state index contributed by atoms with van der Waals surface area (Å²) < 4.78 is 1.14. The third-order valence-electron chi connectivity index (χ3n) is 4.67. The maximum absolute atomic E-state index is 13.5. The third-order valence-corrected chi connectivity index (χ3v) is 6.51. The molecule has 7 heteroatoms. The van der Waals surface area contributed by atoms with Crippen LogP contribution in [0.5, 0.6) is 0 Å². The number of hydrogen-bond acceptors (Lipinski definition) is 5. The van der Waals surface area contributed by atoms with Crippen molar-refractivity contribution in [3.63, 3.8) is 0 Å². The molecule has 0 aliphatic carbocycles. The average Bonchev–Trinajstić information content (AvgIpc) is 3.14. The fourth-order valence-corrected chi connectivity index (χ4v) is 4.82. The molecule has 2 aromatic carbocycles. The van der Waals surface area contributed by atoms with Crippen molar-refractivity contribution in [2.75, 3.05) is 38.3 Å². The second kappa shape index (κ2) is 11.0. The van der Waals surface area contributed by atoms with Gasteiger partial charge in [-0.1, -0.05) is 42.5 Å². The van der Waals surface area contributed by atoms with E-state index in [1.807, 2.05) is 35.4 Å². The van der Waals surface area contributed by atoms with Crippen LogP contribution < -0.4 is 4.90 Å². The van der Waals surface area contributed by atoms with Crippen LogP contribution in [0.3, 0.4) is 0 Å². The van der Waals surface area contributed by atoms with Crippen LogP contribution in [-0.2, 0) is 6.42 Å². The molecule has 1 aromatic heterocycles. The third kappa shape index (κ3) is 5.51. The van der Waals surface area contributed by atoms with Crippen molar-refractivity contribution in [2.45, 2.75) is 24.7 Å². The number of thioether (sulfide) groups is 1. The Kier molecular flexibility index (Phi) is 8.96. The Bertz CT molecular complexity index is 958. The number of anilines is 1. The first kappa shape index (κ1) is 23.7. The van der Waals surface area contributed by atoms with Crippen molar-refractivity contribution in [3.8, 4) is 0 Å². The Balaban J connectivity index is 0.00000300. The van der Waals surface area contributed by atoms with Gasteiger partial charge in [0.05, 0.1) is 15.8 Å². The molecule has 0 spiro atoms. The monoisotopic (exact) mass is 449 g/mol. The van der Waals surface area contributed by atoms with Crippen LogP contribution in [0.1, 0.15) is 29.3 Å². The number of carbonyl (C=O) groups excluding carboxylic acids is 1. The first-order valence-corrected chi connectivity index (χ1v) is 11.6. The lowest BCUT2D eigenvalue weighted by molar-refractivity contribution is 0.0983. The standard InChI is InChI=1S/C22H27N3OS2.ClH/c1-5-16-10-8-13-19-20(16)23-22(28-19)25(15-9-14-24(2)3)21(26)17-11-6-7-12-18(17)27-4;/h6-8,10-13H,5,9,14-15H2,1-4H3;1H. The summed E-state index contributed by atoms with van der Waals surface area (Å²) in [7, 11) is 4.11. The molecular weight excluding hydrogens is 422 g/mol. The maximum atomic E-state index is 13.5. The van der Waals surface area contributed by atoms with E-state index in [4.69, 9.17) is 4.98 Å². The number of fused-ring (bicyclic) bond motifs is 1. The van der Waals surface area contributed by atoms with Crippen molar-refractivity contribution in [1.29, 1.82) is 0 Å². The zero-order chi connectivity index (χ0) is 20.1. The van der Waals surface area contributed by atoms with Gasteiger partial charge in [0, 0.05) is 11.4 Å². The molecule has 3 aromatic rings. The van der Waals surface area contributed by atoms with Gasteiger partial charge in [-0.3, -0.25) is 9.69 Å². The van der Waals surface area contributed by atoms with E-state index >= 15 is 0 Å². The summed E-state index contributed by atoms with van der Waals surface area (Å²) >= 11 is 3.21. The molecule has 0 saturated carbocycles. The number of thiazole rings is 1. The molecule has 156 valence electrons. The molecule has 0 aliphatic rings. The van der Waals surface area contributed by atoms with Gasteiger partial charge in [0.1, 0.15) is 0 Å². The second-order valence-electron chi connectivity index (χ2n) is 6.93. The number of aryl methyl sites for hydroxylation is 1.